The molecule has 2 nitrogen and oxygen atoms in total. The maximum atomic E-state index is 4.87. The second kappa shape index (κ2) is 2.72. The van der Waals surface area contributed by atoms with Crippen LogP contribution in [-0.4, -0.2) is 13.2 Å². The van der Waals surface area contributed by atoms with Gasteiger partial charge in [0.05, 0.1) is 7.11 Å². The highest BCUT2D eigenvalue weighted by atomic mass is 16.6. The summed E-state index contributed by atoms with van der Waals surface area (Å²) in [5, 5.41) is 0. The summed E-state index contributed by atoms with van der Waals surface area (Å²) in [5.74, 6) is 0. The number of rotatable bonds is 2. The molecular weight excluding hydrogens is 126 g/mol. The standard InChI is InChI=1S/C8H15NO/c1-8(2)6-4-5-7(8)9-10-3/h4,6-7,9H,5H2,1-3H3. The molecule has 0 radical (unpaired) electrons. The van der Waals surface area contributed by atoms with E-state index >= 15 is 0 Å². The molecule has 1 rings (SSSR count). The molecule has 58 valence electrons. The van der Waals surface area contributed by atoms with E-state index in [9.17, 15) is 0 Å². The number of nitrogens with one attached hydrogen (secondary N) is 1. The second-order valence-corrected chi connectivity index (χ2v) is 3.33. The average molecular weight is 141 g/mol. The van der Waals surface area contributed by atoms with Gasteiger partial charge in [0.2, 0.25) is 0 Å². The Hall–Kier alpha value is -0.340. The van der Waals surface area contributed by atoms with Crippen molar-refractivity contribution in [1.82, 2.24) is 5.48 Å². The molecule has 1 aliphatic carbocycles. The quantitative estimate of drug-likeness (QED) is 0.464. The summed E-state index contributed by atoms with van der Waals surface area (Å²) in [6, 6.07) is 0.442. The Kier molecular flexibility index (Phi) is 2.11. The molecule has 1 N–H and O–H groups in total. The molecule has 0 aromatic rings. The van der Waals surface area contributed by atoms with Gasteiger partial charge in [-0.05, 0) is 6.42 Å². The van der Waals surface area contributed by atoms with Crippen LogP contribution in [0.2, 0.25) is 0 Å². The first-order valence-electron chi connectivity index (χ1n) is 3.63. The summed E-state index contributed by atoms with van der Waals surface area (Å²) in [4.78, 5) is 4.87. The third-order valence-electron chi connectivity index (χ3n) is 2.08. The maximum Gasteiger partial charge on any atom is 0.0572 e. The molecule has 0 aliphatic heterocycles. The molecule has 0 amide bonds. The van der Waals surface area contributed by atoms with Gasteiger partial charge in [0, 0.05) is 11.5 Å². The van der Waals surface area contributed by atoms with Crippen LogP contribution in [0, 0.1) is 5.41 Å². The van der Waals surface area contributed by atoms with E-state index in [0.717, 1.165) is 6.42 Å². The number of hydrogen-bond acceptors (Lipinski definition) is 2. The Morgan fingerprint density at radius 3 is 2.70 bits per heavy atom. The normalized spacial score (nSPS) is 29.3. The molecule has 0 heterocycles. The predicted molar refractivity (Wildman–Crippen MR) is 41.5 cm³/mol. The lowest BCUT2D eigenvalue weighted by Crippen LogP contribution is -2.37. The first-order chi connectivity index (χ1) is 4.67. The molecule has 2 heteroatoms. The van der Waals surface area contributed by atoms with Crippen LogP contribution < -0.4 is 5.48 Å². The van der Waals surface area contributed by atoms with Gasteiger partial charge in [-0.25, -0.2) is 0 Å². The van der Waals surface area contributed by atoms with Crippen molar-refractivity contribution in [3.8, 4) is 0 Å². The van der Waals surface area contributed by atoms with Gasteiger partial charge >= 0.3 is 0 Å². The lowest BCUT2D eigenvalue weighted by molar-refractivity contribution is 0.0370. The summed E-state index contributed by atoms with van der Waals surface area (Å²) in [6.45, 7) is 4.40. The number of hydrogen-bond donors (Lipinski definition) is 1. The van der Waals surface area contributed by atoms with E-state index in [4.69, 9.17) is 4.84 Å². The van der Waals surface area contributed by atoms with Crippen molar-refractivity contribution < 1.29 is 4.84 Å². The maximum absolute atomic E-state index is 4.87. The molecular formula is C8H15NO. The van der Waals surface area contributed by atoms with Crippen LogP contribution in [0.1, 0.15) is 20.3 Å². The molecule has 0 aromatic heterocycles. The molecule has 10 heavy (non-hydrogen) atoms. The van der Waals surface area contributed by atoms with Crippen LogP contribution >= 0.6 is 0 Å². The molecule has 0 bridgehead atoms. The third-order valence-corrected chi connectivity index (χ3v) is 2.08. The molecule has 0 aromatic carbocycles. The Morgan fingerprint density at radius 1 is 1.60 bits per heavy atom. The Bertz CT molecular complexity index is 140. The van der Waals surface area contributed by atoms with Crippen LogP contribution in [0.15, 0.2) is 12.2 Å². The topological polar surface area (TPSA) is 21.3 Å². The highest BCUT2D eigenvalue weighted by Crippen LogP contribution is 2.30. The molecule has 1 atom stereocenters. The average Bonchev–Trinajstić information content (AvgIpc) is 2.13. The summed E-state index contributed by atoms with van der Waals surface area (Å²) < 4.78 is 0. The highest BCUT2D eigenvalue weighted by Gasteiger charge is 2.29. The predicted octanol–water partition coefficient (Wildman–Crippen LogP) is 1.49. The summed E-state index contributed by atoms with van der Waals surface area (Å²) >= 11 is 0. The van der Waals surface area contributed by atoms with E-state index < -0.39 is 0 Å². The zero-order valence-electron chi connectivity index (χ0n) is 6.85. The zero-order valence-corrected chi connectivity index (χ0v) is 6.85. The molecule has 1 unspecified atom stereocenters. The van der Waals surface area contributed by atoms with Gasteiger partial charge in [0.25, 0.3) is 0 Å². The van der Waals surface area contributed by atoms with Crippen LogP contribution in [-0.2, 0) is 4.84 Å². The lowest BCUT2D eigenvalue weighted by Gasteiger charge is -2.25. The zero-order chi connectivity index (χ0) is 7.61. The minimum absolute atomic E-state index is 0.246. The summed E-state index contributed by atoms with van der Waals surface area (Å²) in [7, 11) is 1.66. The van der Waals surface area contributed by atoms with Gasteiger partial charge in [0.1, 0.15) is 0 Å². The van der Waals surface area contributed by atoms with Crippen LogP contribution in [0.5, 0.6) is 0 Å². The van der Waals surface area contributed by atoms with Crippen molar-refractivity contribution >= 4 is 0 Å². The van der Waals surface area contributed by atoms with Gasteiger partial charge in [-0.1, -0.05) is 26.0 Å². The second-order valence-electron chi connectivity index (χ2n) is 3.33. The fourth-order valence-electron chi connectivity index (χ4n) is 1.27. The molecule has 0 spiro atoms. The van der Waals surface area contributed by atoms with E-state index in [1.165, 1.54) is 0 Å². The largest absolute Gasteiger partial charge is 0.305 e. The van der Waals surface area contributed by atoms with Gasteiger partial charge in [-0.3, -0.25) is 0 Å². The highest BCUT2D eigenvalue weighted by molar-refractivity contribution is 5.09. The SMILES string of the molecule is CONC1CC=CC1(C)C. The monoisotopic (exact) mass is 141 g/mol. The van der Waals surface area contributed by atoms with Crippen LogP contribution in [0.25, 0.3) is 0 Å². The van der Waals surface area contributed by atoms with Gasteiger partial charge < -0.3 is 4.84 Å². The van der Waals surface area contributed by atoms with Gasteiger partial charge in [0.15, 0.2) is 0 Å². The van der Waals surface area contributed by atoms with Crippen molar-refractivity contribution in [2.75, 3.05) is 7.11 Å². The molecule has 1 aliphatic rings. The van der Waals surface area contributed by atoms with E-state index in [0.29, 0.717) is 6.04 Å². The third kappa shape index (κ3) is 1.39. The fourth-order valence-corrected chi connectivity index (χ4v) is 1.27. The lowest BCUT2D eigenvalue weighted by atomic mass is 9.89. The minimum atomic E-state index is 0.246. The van der Waals surface area contributed by atoms with Crippen molar-refractivity contribution in [3.05, 3.63) is 12.2 Å². The first kappa shape index (κ1) is 7.76. The molecule has 0 saturated heterocycles. The first-order valence-corrected chi connectivity index (χ1v) is 3.63. The Balaban J connectivity index is 2.48. The van der Waals surface area contributed by atoms with E-state index in [1.807, 2.05) is 0 Å². The fraction of sp³-hybridized carbons (Fsp3) is 0.750. The number of hydroxylamine groups is 1. The summed E-state index contributed by atoms with van der Waals surface area (Å²) in [6.07, 6.45) is 5.49. The Labute approximate surface area is 62.2 Å². The Morgan fingerprint density at radius 2 is 2.30 bits per heavy atom. The van der Waals surface area contributed by atoms with E-state index in [-0.39, 0.29) is 5.41 Å². The van der Waals surface area contributed by atoms with Crippen LogP contribution in [0.3, 0.4) is 0 Å². The van der Waals surface area contributed by atoms with Crippen molar-refractivity contribution in [2.24, 2.45) is 5.41 Å². The minimum Gasteiger partial charge on any atom is -0.305 e. The summed E-state index contributed by atoms with van der Waals surface area (Å²) in [5.41, 5.74) is 3.22. The van der Waals surface area contributed by atoms with E-state index in [2.05, 4.69) is 31.5 Å². The smallest absolute Gasteiger partial charge is 0.0572 e. The van der Waals surface area contributed by atoms with Gasteiger partial charge in [-0.15, -0.1) is 0 Å². The molecule has 0 saturated carbocycles. The van der Waals surface area contributed by atoms with E-state index in [1.54, 1.807) is 7.11 Å². The molecule has 0 fully saturated rings. The van der Waals surface area contributed by atoms with Crippen molar-refractivity contribution in [2.45, 2.75) is 26.3 Å². The van der Waals surface area contributed by atoms with Crippen molar-refractivity contribution in [3.63, 3.8) is 0 Å². The van der Waals surface area contributed by atoms with Gasteiger partial charge in [-0.2, -0.15) is 5.48 Å². The van der Waals surface area contributed by atoms with Crippen molar-refractivity contribution in [1.29, 1.82) is 0 Å². The van der Waals surface area contributed by atoms with Crippen LogP contribution in [0.4, 0.5) is 0 Å².